The van der Waals surface area contributed by atoms with Crippen LogP contribution in [0.5, 0.6) is 0 Å². The number of nitrogen functional groups attached to an aromatic ring is 1. The molecule has 0 amide bonds. The lowest BCUT2D eigenvalue weighted by molar-refractivity contribution is 0.303. The summed E-state index contributed by atoms with van der Waals surface area (Å²) in [5.41, 5.74) is 6.09. The molecule has 4 heteroatoms. The Hall–Kier alpha value is -1.32. The van der Waals surface area contributed by atoms with Crippen LogP contribution in [0.4, 0.5) is 11.6 Å². The molecule has 0 saturated heterocycles. The van der Waals surface area contributed by atoms with Crippen LogP contribution in [0.3, 0.4) is 0 Å². The molecule has 2 rings (SSSR count). The summed E-state index contributed by atoms with van der Waals surface area (Å²) in [6.07, 6.45) is 8.67. The lowest BCUT2D eigenvalue weighted by atomic mass is 9.83. The van der Waals surface area contributed by atoms with Gasteiger partial charge in [0.2, 0.25) is 5.95 Å². The van der Waals surface area contributed by atoms with Crippen molar-refractivity contribution in [2.75, 3.05) is 17.6 Å². The summed E-state index contributed by atoms with van der Waals surface area (Å²) in [5.74, 6) is 1.61. The fraction of sp³-hybridized carbons (Fsp3) is 0.600. The number of rotatable bonds is 4. The maximum Gasteiger partial charge on any atom is 0.222 e. The van der Waals surface area contributed by atoms with Gasteiger partial charge < -0.3 is 11.1 Å². The quantitative estimate of drug-likeness (QED) is 0.761. The van der Waals surface area contributed by atoms with E-state index in [1.165, 1.54) is 25.7 Å². The second-order valence-corrected chi connectivity index (χ2v) is 3.85. The summed E-state index contributed by atoms with van der Waals surface area (Å²) in [5, 5.41) is 3.19. The number of hydrogen-bond acceptors (Lipinski definition) is 4. The van der Waals surface area contributed by atoms with Gasteiger partial charge in [0.15, 0.2) is 0 Å². The van der Waals surface area contributed by atoms with Crippen molar-refractivity contribution < 1.29 is 0 Å². The molecule has 0 bridgehead atoms. The molecule has 0 spiro atoms. The van der Waals surface area contributed by atoms with E-state index in [2.05, 4.69) is 15.3 Å². The molecule has 0 radical (unpaired) electrons. The maximum atomic E-state index is 5.48. The van der Waals surface area contributed by atoms with E-state index < -0.39 is 0 Å². The maximum absolute atomic E-state index is 5.48. The van der Waals surface area contributed by atoms with Crippen molar-refractivity contribution in [2.24, 2.45) is 5.92 Å². The number of hydrogen-bond donors (Lipinski definition) is 2. The van der Waals surface area contributed by atoms with Crippen LogP contribution in [0.2, 0.25) is 0 Å². The van der Waals surface area contributed by atoms with Gasteiger partial charge in [-0.3, -0.25) is 0 Å². The zero-order valence-electron chi connectivity index (χ0n) is 8.24. The summed E-state index contributed by atoms with van der Waals surface area (Å²) < 4.78 is 0. The van der Waals surface area contributed by atoms with Gasteiger partial charge in [0.1, 0.15) is 0 Å². The molecule has 0 aromatic carbocycles. The third-order valence-corrected chi connectivity index (χ3v) is 2.73. The molecular formula is C10H16N4. The second kappa shape index (κ2) is 4.26. The van der Waals surface area contributed by atoms with Crippen molar-refractivity contribution in [1.29, 1.82) is 0 Å². The largest absolute Gasteiger partial charge is 0.396 e. The monoisotopic (exact) mass is 192 g/mol. The van der Waals surface area contributed by atoms with Crippen molar-refractivity contribution in [3.8, 4) is 0 Å². The smallest absolute Gasteiger partial charge is 0.222 e. The SMILES string of the molecule is Nc1cnc(NCCC2CCC2)nc1. The molecule has 0 unspecified atom stereocenters. The molecule has 1 aromatic heterocycles. The van der Waals surface area contributed by atoms with E-state index in [0.29, 0.717) is 11.6 Å². The van der Waals surface area contributed by atoms with Crippen molar-refractivity contribution in [1.82, 2.24) is 9.97 Å². The molecule has 0 aliphatic heterocycles. The van der Waals surface area contributed by atoms with Gasteiger partial charge in [-0.25, -0.2) is 9.97 Å². The highest BCUT2D eigenvalue weighted by Gasteiger charge is 2.16. The number of aromatic nitrogens is 2. The summed E-state index contributed by atoms with van der Waals surface area (Å²) in [7, 11) is 0. The van der Waals surface area contributed by atoms with E-state index in [9.17, 15) is 0 Å². The highest BCUT2D eigenvalue weighted by atomic mass is 15.1. The van der Waals surface area contributed by atoms with Crippen molar-refractivity contribution in [3.05, 3.63) is 12.4 Å². The second-order valence-electron chi connectivity index (χ2n) is 3.85. The fourth-order valence-corrected chi connectivity index (χ4v) is 1.60. The molecular weight excluding hydrogens is 176 g/mol. The van der Waals surface area contributed by atoms with Crippen LogP contribution >= 0.6 is 0 Å². The topological polar surface area (TPSA) is 63.8 Å². The summed E-state index contributed by atoms with van der Waals surface area (Å²) in [4.78, 5) is 8.14. The molecule has 1 heterocycles. The van der Waals surface area contributed by atoms with Gasteiger partial charge in [-0.15, -0.1) is 0 Å². The van der Waals surface area contributed by atoms with Gasteiger partial charge in [-0.2, -0.15) is 0 Å². The fourth-order valence-electron chi connectivity index (χ4n) is 1.60. The van der Waals surface area contributed by atoms with E-state index >= 15 is 0 Å². The first-order valence-corrected chi connectivity index (χ1v) is 5.16. The molecule has 1 saturated carbocycles. The Morgan fingerprint density at radius 2 is 2.07 bits per heavy atom. The summed E-state index contributed by atoms with van der Waals surface area (Å²) >= 11 is 0. The molecule has 4 nitrogen and oxygen atoms in total. The Morgan fingerprint density at radius 1 is 1.36 bits per heavy atom. The Kier molecular flexibility index (Phi) is 2.81. The third kappa shape index (κ3) is 2.34. The predicted octanol–water partition coefficient (Wildman–Crippen LogP) is 1.66. The van der Waals surface area contributed by atoms with Gasteiger partial charge >= 0.3 is 0 Å². The van der Waals surface area contributed by atoms with Gasteiger partial charge in [-0.05, 0) is 12.3 Å². The number of nitrogens with zero attached hydrogens (tertiary/aromatic N) is 2. The van der Waals surface area contributed by atoms with Crippen LogP contribution in [-0.4, -0.2) is 16.5 Å². The number of anilines is 2. The van der Waals surface area contributed by atoms with Crippen LogP contribution in [0, 0.1) is 5.92 Å². The number of nitrogens with two attached hydrogens (primary N) is 1. The molecule has 1 fully saturated rings. The molecule has 0 atom stereocenters. The normalized spacial score (nSPS) is 16.3. The van der Waals surface area contributed by atoms with E-state index in [0.717, 1.165) is 12.5 Å². The minimum Gasteiger partial charge on any atom is -0.396 e. The van der Waals surface area contributed by atoms with Crippen LogP contribution in [-0.2, 0) is 0 Å². The van der Waals surface area contributed by atoms with Crippen molar-refractivity contribution in [3.63, 3.8) is 0 Å². The average Bonchev–Trinajstić information content (AvgIpc) is 2.12. The first-order valence-electron chi connectivity index (χ1n) is 5.16. The highest BCUT2D eigenvalue weighted by molar-refractivity contribution is 5.35. The van der Waals surface area contributed by atoms with Crippen molar-refractivity contribution >= 4 is 11.6 Å². The van der Waals surface area contributed by atoms with Gasteiger partial charge in [0.05, 0.1) is 18.1 Å². The third-order valence-electron chi connectivity index (χ3n) is 2.73. The lowest BCUT2D eigenvalue weighted by Crippen LogP contribution is -2.16. The van der Waals surface area contributed by atoms with E-state index in [1.54, 1.807) is 12.4 Å². The van der Waals surface area contributed by atoms with Crippen LogP contribution < -0.4 is 11.1 Å². The van der Waals surface area contributed by atoms with Crippen molar-refractivity contribution in [2.45, 2.75) is 25.7 Å². The van der Waals surface area contributed by atoms with Gasteiger partial charge in [0, 0.05) is 6.54 Å². The molecule has 1 aliphatic carbocycles. The Morgan fingerprint density at radius 3 is 2.64 bits per heavy atom. The predicted molar refractivity (Wildman–Crippen MR) is 56.9 cm³/mol. The number of nitrogens with one attached hydrogen (secondary N) is 1. The molecule has 1 aliphatic rings. The summed E-state index contributed by atoms with van der Waals surface area (Å²) in [6, 6.07) is 0. The van der Waals surface area contributed by atoms with Crippen LogP contribution in [0.15, 0.2) is 12.4 Å². The summed E-state index contributed by atoms with van der Waals surface area (Å²) in [6.45, 7) is 0.967. The Bertz CT molecular complexity index is 279. The van der Waals surface area contributed by atoms with Crippen LogP contribution in [0.1, 0.15) is 25.7 Å². The minimum atomic E-state index is 0.606. The van der Waals surface area contributed by atoms with E-state index in [1.807, 2.05) is 0 Å². The lowest BCUT2D eigenvalue weighted by Gasteiger charge is -2.25. The van der Waals surface area contributed by atoms with Gasteiger partial charge in [-0.1, -0.05) is 19.3 Å². The zero-order valence-corrected chi connectivity index (χ0v) is 8.24. The van der Waals surface area contributed by atoms with E-state index in [-0.39, 0.29) is 0 Å². The van der Waals surface area contributed by atoms with Gasteiger partial charge in [0.25, 0.3) is 0 Å². The standard InChI is InChI=1S/C10H16N4/c11-9-6-13-10(14-7-9)12-5-4-8-2-1-3-8/h6-8H,1-5,11H2,(H,12,13,14). The molecule has 3 N–H and O–H groups in total. The van der Waals surface area contributed by atoms with E-state index in [4.69, 9.17) is 5.73 Å². The molecule has 1 aromatic rings. The molecule has 14 heavy (non-hydrogen) atoms. The Labute approximate surface area is 83.9 Å². The highest BCUT2D eigenvalue weighted by Crippen LogP contribution is 2.28. The first kappa shape index (κ1) is 9.24. The Balaban J connectivity index is 1.71. The zero-order chi connectivity index (χ0) is 9.80. The molecule has 76 valence electrons. The first-order chi connectivity index (χ1) is 6.84. The average molecular weight is 192 g/mol. The minimum absolute atomic E-state index is 0.606. The van der Waals surface area contributed by atoms with Crippen LogP contribution in [0.25, 0.3) is 0 Å².